The van der Waals surface area contributed by atoms with Crippen molar-refractivity contribution in [1.82, 2.24) is 0 Å². The molecule has 0 aromatic heterocycles. The number of carbonyl (C=O) groups excluding carboxylic acids is 2. The predicted octanol–water partition coefficient (Wildman–Crippen LogP) is 1.78. The van der Waals surface area contributed by atoms with Crippen LogP contribution in [0, 0.1) is 5.41 Å². The lowest BCUT2D eigenvalue weighted by atomic mass is 9.78. The molecule has 4 heteroatoms. The van der Waals surface area contributed by atoms with Gasteiger partial charge < -0.3 is 9.47 Å². The molecule has 1 aliphatic carbocycles. The summed E-state index contributed by atoms with van der Waals surface area (Å²) in [4.78, 5) is 23.3. The van der Waals surface area contributed by atoms with Crippen molar-refractivity contribution in [3.63, 3.8) is 0 Å². The second kappa shape index (κ2) is 5.48. The van der Waals surface area contributed by atoms with Gasteiger partial charge in [-0.15, -0.1) is 6.58 Å². The number of esters is 2. The number of hydrogen-bond acceptors (Lipinski definition) is 4. The van der Waals surface area contributed by atoms with Crippen LogP contribution >= 0.6 is 0 Å². The van der Waals surface area contributed by atoms with Crippen molar-refractivity contribution >= 4 is 11.9 Å². The van der Waals surface area contributed by atoms with Gasteiger partial charge in [-0.3, -0.25) is 4.79 Å². The topological polar surface area (TPSA) is 52.6 Å². The molecule has 0 aromatic carbocycles. The quantitative estimate of drug-likeness (QED) is 0.551. The molecule has 92 valence electrons. The Morgan fingerprint density at radius 2 is 2.18 bits per heavy atom. The number of methoxy groups -OCH3 is 2. The first-order chi connectivity index (χ1) is 8.09. The minimum atomic E-state index is -0.932. The van der Waals surface area contributed by atoms with Gasteiger partial charge in [-0.2, -0.15) is 0 Å². The maximum Gasteiger partial charge on any atom is 0.333 e. The van der Waals surface area contributed by atoms with Gasteiger partial charge in [0.15, 0.2) is 0 Å². The van der Waals surface area contributed by atoms with Crippen LogP contribution in [0.25, 0.3) is 0 Å². The van der Waals surface area contributed by atoms with Crippen LogP contribution in [0.2, 0.25) is 0 Å². The van der Waals surface area contributed by atoms with E-state index in [2.05, 4.69) is 11.3 Å². The van der Waals surface area contributed by atoms with E-state index >= 15 is 0 Å². The molecule has 0 saturated carbocycles. The molecular formula is C13H16O4. The van der Waals surface area contributed by atoms with Gasteiger partial charge >= 0.3 is 11.9 Å². The zero-order chi connectivity index (χ0) is 12.9. The second-order valence-corrected chi connectivity index (χ2v) is 3.79. The zero-order valence-electron chi connectivity index (χ0n) is 10.1. The van der Waals surface area contributed by atoms with Gasteiger partial charge in [-0.05, 0) is 12.8 Å². The van der Waals surface area contributed by atoms with Crippen LogP contribution in [0.4, 0.5) is 0 Å². The fourth-order valence-electron chi connectivity index (χ4n) is 1.85. The molecule has 17 heavy (non-hydrogen) atoms. The standard InChI is InChI=1S/C13H16O4/c1-4-7-13(12(15)17-3)8-5-6-10(9-13)11(14)16-2/h4-5,8-9H,1,6-7H2,2-3H3. The Balaban J connectivity index is 3.12. The molecular weight excluding hydrogens is 220 g/mol. The van der Waals surface area contributed by atoms with Crippen LogP contribution in [-0.2, 0) is 19.1 Å². The molecule has 0 aromatic rings. The summed E-state index contributed by atoms with van der Waals surface area (Å²) in [6.45, 7) is 3.62. The third-order valence-corrected chi connectivity index (χ3v) is 2.68. The fourth-order valence-corrected chi connectivity index (χ4v) is 1.85. The van der Waals surface area contributed by atoms with Crippen LogP contribution in [-0.4, -0.2) is 26.2 Å². The van der Waals surface area contributed by atoms with Crippen LogP contribution in [0.3, 0.4) is 0 Å². The maximum absolute atomic E-state index is 11.8. The van der Waals surface area contributed by atoms with Gasteiger partial charge in [0.25, 0.3) is 0 Å². The third-order valence-electron chi connectivity index (χ3n) is 2.68. The molecule has 0 spiro atoms. The Morgan fingerprint density at radius 3 is 2.71 bits per heavy atom. The van der Waals surface area contributed by atoms with E-state index in [1.165, 1.54) is 14.2 Å². The molecule has 0 heterocycles. The monoisotopic (exact) mass is 236 g/mol. The first-order valence-corrected chi connectivity index (χ1v) is 5.26. The van der Waals surface area contributed by atoms with Crippen LogP contribution < -0.4 is 0 Å². The Hall–Kier alpha value is -1.84. The van der Waals surface area contributed by atoms with E-state index in [9.17, 15) is 9.59 Å². The minimum absolute atomic E-state index is 0.386. The van der Waals surface area contributed by atoms with Gasteiger partial charge in [-0.25, -0.2) is 4.79 Å². The maximum atomic E-state index is 11.8. The van der Waals surface area contributed by atoms with Gasteiger partial charge in [0, 0.05) is 5.57 Å². The van der Waals surface area contributed by atoms with Gasteiger partial charge in [0.1, 0.15) is 5.41 Å². The van der Waals surface area contributed by atoms with Crippen molar-refractivity contribution < 1.29 is 19.1 Å². The van der Waals surface area contributed by atoms with Crippen LogP contribution in [0.1, 0.15) is 12.8 Å². The molecule has 0 N–H and O–H groups in total. The summed E-state index contributed by atoms with van der Waals surface area (Å²) in [5.74, 6) is -0.832. The number of allylic oxidation sites excluding steroid dienone is 2. The molecule has 1 aliphatic rings. The van der Waals surface area contributed by atoms with E-state index in [1.54, 1.807) is 24.3 Å². The van der Waals surface area contributed by atoms with Crippen LogP contribution in [0.15, 0.2) is 36.5 Å². The fraction of sp³-hybridized carbons (Fsp3) is 0.385. The molecule has 4 nitrogen and oxygen atoms in total. The second-order valence-electron chi connectivity index (χ2n) is 3.79. The third kappa shape index (κ3) is 2.64. The summed E-state index contributed by atoms with van der Waals surface area (Å²) in [6.07, 6.45) is 7.59. The average Bonchev–Trinajstić information content (AvgIpc) is 2.37. The molecule has 0 bridgehead atoms. The summed E-state index contributed by atoms with van der Waals surface area (Å²) in [5.41, 5.74) is -0.472. The SMILES string of the molecule is C=CCC1(C(=O)OC)C=CCC(C(=O)OC)=C1. The van der Waals surface area contributed by atoms with Crippen molar-refractivity contribution in [2.45, 2.75) is 12.8 Å². The summed E-state index contributed by atoms with van der Waals surface area (Å²) < 4.78 is 9.43. The molecule has 0 amide bonds. The number of rotatable bonds is 4. The first kappa shape index (κ1) is 13.2. The van der Waals surface area contributed by atoms with E-state index < -0.39 is 17.4 Å². The molecule has 1 rings (SSSR count). The first-order valence-electron chi connectivity index (χ1n) is 5.26. The van der Waals surface area contributed by atoms with Crippen molar-refractivity contribution in [2.75, 3.05) is 14.2 Å². The van der Waals surface area contributed by atoms with Gasteiger partial charge in [-0.1, -0.05) is 24.3 Å². The van der Waals surface area contributed by atoms with E-state index in [1.807, 2.05) is 0 Å². The largest absolute Gasteiger partial charge is 0.468 e. The minimum Gasteiger partial charge on any atom is -0.468 e. The zero-order valence-corrected chi connectivity index (χ0v) is 10.1. The Bertz CT molecular complexity index is 392. The predicted molar refractivity (Wildman–Crippen MR) is 63.1 cm³/mol. The van der Waals surface area contributed by atoms with Crippen molar-refractivity contribution in [3.8, 4) is 0 Å². The Kier molecular flexibility index (Phi) is 4.26. The highest BCUT2D eigenvalue weighted by Crippen LogP contribution is 2.34. The molecule has 1 atom stereocenters. The molecule has 0 aliphatic heterocycles. The van der Waals surface area contributed by atoms with Crippen molar-refractivity contribution in [2.24, 2.45) is 5.41 Å². The normalized spacial score (nSPS) is 22.6. The molecule has 1 unspecified atom stereocenters. The average molecular weight is 236 g/mol. The lowest BCUT2D eigenvalue weighted by Crippen LogP contribution is -2.30. The summed E-state index contributed by atoms with van der Waals surface area (Å²) >= 11 is 0. The highest BCUT2D eigenvalue weighted by Gasteiger charge is 2.36. The lowest BCUT2D eigenvalue weighted by Gasteiger charge is -2.26. The highest BCUT2D eigenvalue weighted by molar-refractivity contribution is 5.92. The summed E-state index contributed by atoms with van der Waals surface area (Å²) in [6, 6.07) is 0. The van der Waals surface area contributed by atoms with E-state index in [4.69, 9.17) is 4.74 Å². The van der Waals surface area contributed by atoms with Crippen molar-refractivity contribution in [1.29, 1.82) is 0 Å². The molecule has 0 fully saturated rings. The summed E-state index contributed by atoms with van der Waals surface area (Å²) in [7, 11) is 2.64. The van der Waals surface area contributed by atoms with Gasteiger partial charge in [0.2, 0.25) is 0 Å². The molecule has 0 radical (unpaired) electrons. The Morgan fingerprint density at radius 1 is 1.47 bits per heavy atom. The molecule has 0 saturated heterocycles. The van der Waals surface area contributed by atoms with E-state index in [-0.39, 0.29) is 0 Å². The number of carbonyl (C=O) groups is 2. The van der Waals surface area contributed by atoms with Gasteiger partial charge in [0.05, 0.1) is 14.2 Å². The summed E-state index contributed by atoms with van der Waals surface area (Å²) in [5, 5.41) is 0. The number of hydrogen-bond donors (Lipinski definition) is 0. The smallest absolute Gasteiger partial charge is 0.333 e. The Labute approximate surface area is 101 Å². The lowest BCUT2D eigenvalue weighted by molar-refractivity contribution is -0.147. The number of ether oxygens (including phenoxy) is 2. The van der Waals surface area contributed by atoms with Crippen LogP contribution in [0.5, 0.6) is 0 Å². The van der Waals surface area contributed by atoms with E-state index in [0.29, 0.717) is 18.4 Å². The highest BCUT2D eigenvalue weighted by atomic mass is 16.5. The van der Waals surface area contributed by atoms with Crippen molar-refractivity contribution in [3.05, 3.63) is 36.5 Å². The van der Waals surface area contributed by atoms with E-state index in [0.717, 1.165) is 0 Å².